The summed E-state index contributed by atoms with van der Waals surface area (Å²) in [6.45, 7) is 5.10. The Hall–Kier alpha value is -0.240. The lowest BCUT2D eigenvalue weighted by molar-refractivity contribution is -0.129. The Morgan fingerprint density at radius 1 is 1.47 bits per heavy atom. The van der Waals surface area contributed by atoms with Crippen LogP contribution in [-0.2, 0) is 4.79 Å². The lowest BCUT2D eigenvalue weighted by atomic mass is 10.1. The van der Waals surface area contributed by atoms with Gasteiger partial charge in [0, 0.05) is 19.0 Å². The summed E-state index contributed by atoms with van der Waals surface area (Å²) >= 11 is 5.97. The van der Waals surface area contributed by atoms with Crippen molar-refractivity contribution in [2.45, 2.75) is 63.8 Å². The molecule has 0 aromatic heterocycles. The minimum atomic E-state index is 0.0376. The number of amides is 1. The summed E-state index contributed by atoms with van der Waals surface area (Å²) in [7, 11) is 0. The minimum absolute atomic E-state index is 0.0376. The van der Waals surface area contributed by atoms with Crippen LogP contribution in [0.3, 0.4) is 0 Å². The van der Waals surface area contributed by atoms with Crippen LogP contribution in [0.15, 0.2) is 0 Å². The monoisotopic (exact) mass is 231 g/mol. The fraction of sp³-hybridized carbons (Fsp3) is 0.917. The maximum atomic E-state index is 11.6. The molecule has 3 heteroatoms. The van der Waals surface area contributed by atoms with Gasteiger partial charge in [0.15, 0.2) is 0 Å². The summed E-state index contributed by atoms with van der Waals surface area (Å²) in [5.41, 5.74) is 0. The van der Waals surface area contributed by atoms with Crippen LogP contribution in [0, 0.1) is 0 Å². The highest BCUT2D eigenvalue weighted by Crippen LogP contribution is 2.21. The molecule has 0 N–H and O–H groups in total. The Morgan fingerprint density at radius 2 is 2.20 bits per heavy atom. The predicted molar refractivity (Wildman–Crippen MR) is 64.2 cm³/mol. The average molecular weight is 232 g/mol. The summed E-state index contributed by atoms with van der Waals surface area (Å²) in [6, 6.07) is 0.373. The van der Waals surface area contributed by atoms with Crippen molar-refractivity contribution < 1.29 is 4.79 Å². The van der Waals surface area contributed by atoms with Gasteiger partial charge in [-0.1, -0.05) is 32.6 Å². The van der Waals surface area contributed by atoms with Gasteiger partial charge in [-0.05, 0) is 13.3 Å². The Balaban J connectivity index is 2.21. The molecular weight excluding hydrogens is 210 g/mol. The number of alkyl halides is 1. The van der Waals surface area contributed by atoms with Gasteiger partial charge >= 0.3 is 0 Å². The Labute approximate surface area is 98.0 Å². The third-order valence-corrected chi connectivity index (χ3v) is 3.41. The molecule has 1 aliphatic rings. The molecule has 2 unspecified atom stereocenters. The second-order valence-corrected chi connectivity index (χ2v) is 5.16. The summed E-state index contributed by atoms with van der Waals surface area (Å²) in [6.07, 6.45) is 6.73. The standard InChI is InChI=1S/C12H22ClNO/c1-3-4-5-6-7-10(2)14-9-11(13)8-12(14)15/h10-11H,3-9H2,1-2H3. The van der Waals surface area contributed by atoms with Crippen molar-refractivity contribution in [3.63, 3.8) is 0 Å². The lowest BCUT2D eigenvalue weighted by Crippen LogP contribution is -2.34. The van der Waals surface area contributed by atoms with E-state index in [9.17, 15) is 4.79 Å². The molecule has 0 bridgehead atoms. The molecule has 0 saturated carbocycles. The number of likely N-dealkylation sites (tertiary alicyclic amines) is 1. The number of hydrogen-bond acceptors (Lipinski definition) is 1. The molecule has 1 rings (SSSR count). The third kappa shape index (κ3) is 4.02. The Bertz CT molecular complexity index is 208. The van der Waals surface area contributed by atoms with E-state index in [-0.39, 0.29) is 11.3 Å². The first kappa shape index (κ1) is 12.8. The fourth-order valence-electron chi connectivity index (χ4n) is 2.13. The number of rotatable bonds is 6. The van der Waals surface area contributed by atoms with E-state index in [2.05, 4.69) is 13.8 Å². The number of unbranched alkanes of at least 4 members (excludes halogenated alkanes) is 3. The van der Waals surface area contributed by atoms with Gasteiger partial charge in [0.1, 0.15) is 0 Å². The molecule has 1 heterocycles. The number of carbonyl (C=O) groups excluding carboxylic acids is 1. The van der Waals surface area contributed by atoms with Gasteiger partial charge in [-0.2, -0.15) is 0 Å². The van der Waals surface area contributed by atoms with E-state index in [0.29, 0.717) is 12.5 Å². The van der Waals surface area contributed by atoms with Crippen LogP contribution in [0.5, 0.6) is 0 Å². The second kappa shape index (κ2) is 6.37. The summed E-state index contributed by atoms with van der Waals surface area (Å²) in [4.78, 5) is 13.5. The molecule has 0 radical (unpaired) electrons. The van der Waals surface area contributed by atoms with Gasteiger partial charge in [0.25, 0.3) is 0 Å². The number of carbonyl (C=O) groups is 1. The van der Waals surface area contributed by atoms with E-state index in [1.165, 1.54) is 25.7 Å². The highest BCUT2D eigenvalue weighted by Gasteiger charge is 2.30. The molecule has 0 aromatic rings. The predicted octanol–water partition coefficient (Wildman–Crippen LogP) is 3.19. The summed E-state index contributed by atoms with van der Waals surface area (Å²) in [5, 5.41) is 0.0376. The van der Waals surface area contributed by atoms with Crippen LogP contribution in [0.1, 0.15) is 52.4 Å². The van der Waals surface area contributed by atoms with Crippen LogP contribution in [-0.4, -0.2) is 28.8 Å². The molecule has 0 spiro atoms. The van der Waals surface area contributed by atoms with Gasteiger partial charge in [0.2, 0.25) is 5.91 Å². The van der Waals surface area contributed by atoms with Crippen molar-refractivity contribution in [1.82, 2.24) is 4.90 Å². The highest BCUT2D eigenvalue weighted by atomic mass is 35.5. The Kier molecular flexibility index (Phi) is 5.44. The van der Waals surface area contributed by atoms with Gasteiger partial charge in [-0.3, -0.25) is 4.79 Å². The van der Waals surface area contributed by atoms with Gasteiger partial charge < -0.3 is 4.90 Å². The van der Waals surface area contributed by atoms with E-state index in [4.69, 9.17) is 11.6 Å². The van der Waals surface area contributed by atoms with Crippen LogP contribution in [0.2, 0.25) is 0 Å². The highest BCUT2D eigenvalue weighted by molar-refractivity contribution is 6.22. The number of halogens is 1. The Morgan fingerprint density at radius 3 is 2.73 bits per heavy atom. The molecule has 1 aliphatic heterocycles. The normalized spacial score (nSPS) is 23.5. The molecule has 1 saturated heterocycles. The van der Waals surface area contributed by atoms with Crippen molar-refractivity contribution in [2.75, 3.05) is 6.54 Å². The average Bonchev–Trinajstić information content (AvgIpc) is 2.52. The van der Waals surface area contributed by atoms with Crippen molar-refractivity contribution in [3.8, 4) is 0 Å². The van der Waals surface area contributed by atoms with Crippen molar-refractivity contribution in [1.29, 1.82) is 0 Å². The van der Waals surface area contributed by atoms with Crippen LogP contribution < -0.4 is 0 Å². The smallest absolute Gasteiger partial charge is 0.224 e. The quantitative estimate of drug-likeness (QED) is 0.508. The first-order chi connectivity index (χ1) is 7.15. The minimum Gasteiger partial charge on any atom is -0.338 e. The molecule has 1 fully saturated rings. The zero-order valence-corrected chi connectivity index (χ0v) is 10.6. The number of hydrogen-bond donors (Lipinski definition) is 0. The van der Waals surface area contributed by atoms with E-state index < -0.39 is 0 Å². The molecule has 0 aromatic carbocycles. The van der Waals surface area contributed by atoms with Crippen molar-refractivity contribution >= 4 is 17.5 Å². The van der Waals surface area contributed by atoms with Gasteiger partial charge in [0.05, 0.1) is 5.38 Å². The van der Waals surface area contributed by atoms with Crippen LogP contribution in [0.25, 0.3) is 0 Å². The van der Waals surface area contributed by atoms with Gasteiger partial charge in [-0.25, -0.2) is 0 Å². The van der Waals surface area contributed by atoms with Gasteiger partial charge in [-0.15, -0.1) is 11.6 Å². The lowest BCUT2D eigenvalue weighted by Gasteiger charge is -2.24. The third-order valence-electron chi connectivity index (χ3n) is 3.12. The fourth-order valence-corrected chi connectivity index (χ4v) is 2.42. The molecule has 2 nitrogen and oxygen atoms in total. The summed E-state index contributed by atoms with van der Waals surface area (Å²) in [5.74, 6) is 0.234. The van der Waals surface area contributed by atoms with Crippen LogP contribution in [0.4, 0.5) is 0 Å². The molecule has 1 amide bonds. The zero-order chi connectivity index (χ0) is 11.3. The maximum absolute atomic E-state index is 11.6. The van der Waals surface area contributed by atoms with Crippen molar-refractivity contribution in [3.05, 3.63) is 0 Å². The second-order valence-electron chi connectivity index (χ2n) is 4.55. The van der Waals surface area contributed by atoms with E-state index in [0.717, 1.165) is 13.0 Å². The molecule has 0 aliphatic carbocycles. The first-order valence-electron chi connectivity index (χ1n) is 6.08. The van der Waals surface area contributed by atoms with E-state index >= 15 is 0 Å². The van der Waals surface area contributed by atoms with E-state index in [1.54, 1.807) is 0 Å². The molecule has 88 valence electrons. The zero-order valence-electron chi connectivity index (χ0n) is 9.84. The summed E-state index contributed by atoms with van der Waals surface area (Å²) < 4.78 is 0. The topological polar surface area (TPSA) is 20.3 Å². The first-order valence-corrected chi connectivity index (χ1v) is 6.52. The number of nitrogens with zero attached hydrogens (tertiary/aromatic N) is 1. The molecule has 15 heavy (non-hydrogen) atoms. The SMILES string of the molecule is CCCCCCC(C)N1CC(Cl)CC1=O. The molecular formula is C12H22ClNO. The van der Waals surface area contributed by atoms with Crippen molar-refractivity contribution in [2.24, 2.45) is 0 Å². The molecule has 2 atom stereocenters. The van der Waals surface area contributed by atoms with Crippen LogP contribution >= 0.6 is 11.6 Å². The largest absolute Gasteiger partial charge is 0.338 e. The van der Waals surface area contributed by atoms with E-state index in [1.807, 2.05) is 4.90 Å². The maximum Gasteiger partial charge on any atom is 0.224 e.